The fraction of sp³-hybridized carbons (Fsp3) is 0.312. The van der Waals surface area contributed by atoms with Gasteiger partial charge in [-0.2, -0.15) is 0 Å². The van der Waals surface area contributed by atoms with Gasteiger partial charge in [-0.15, -0.1) is 0 Å². The maximum absolute atomic E-state index is 11.9. The van der Waals surface area contributed by atoms with Crippen LogP contribution in [0.5, 0.6) is 0 Å². The van der Waals surface area contributed by atoms with Gasteiger partial charge in [-0.1, -0.05) is 42.5 Å². The molecule has 0 aromatic heterocycles. The number of benzene rings is 2. The largest absolute Gasteiger partial charge is 0.335 e. The molecule has 1 amide bonds. The topological polar surface area (TPSA) is 46.3 Å². The molecule has 2 aromatic rings. The van der Waals surface area contributed by atoms with Crippen molar-refractivity contribution < 1.29 is 4.79 Å². The maximum atomic E-state index is 11.9. The fourth-order valence-corrected chi connectivity index (χ4v) is 3.05. The number of fused-ring (bicyclic) bond motifs is 1. The van der Waals surface area contributed by atoms with Gasteiger partial charge >= 0.3 is 0 Å². The maximum Gasteiger partial charge on any atom is 0.236 e. The van der Waals surface area contributed by atoms with E-state index in [1.807, 2.05) is 11.0 Å². The van der Waals surface area contributed by atoms with E-state index in [9.17, 15) is 4.79 Å². The lowest BCUT2D eigenvalue weighted by Crippen LogP contribution is -2.35. The molecule has 0 spiro atoms. The average molecular weight is 254 g/mol. The molecule has 1 atom stereocenters. The zero-order valence-electron chi connectivity index (χ0n) is 10.9. The quantitative estimate of drug-likeness (QED) is 0.894. The van der Waals surface area contributed by atoms with Gasteiger partial charge in [0.15, 0.2) is 0 Å². The van der Waals surface area contributed by atoms with E-state index < -0.39 is 0 Å². The molecule has 0 aliphatic carbocycles. The molecular weight excluding hydrogens is 236 g/mol. The fourth-order valence-electron chi connectivity index (χ4n) is 3.05. The molecule has 3 heteroatoms. The van der Waals surface area contributed by atoms with Gasteiger partial charge in [-0.25, -0.2) is 0 Å². The van der Waals surface area contributed by atoms with Crippen LogP contribution in [0, 0.1) is 0 Å². The molecule has 1 aliphatic rings. The highest BCUT2D eigenvalue weighted by Crippen LogP contribution is 2.35. The standard InChI is InChI=1S/C16H18N2O/c17-11-16(19)18-10-4-9-15(18)14-8-3-6-12-5-1-2-7-13(12)14/h1-3,5-8,15H,4,9-11,17H2. The molecule has 2 N–H and O–H groups in total. The van der Waals surface area contributed by atoms with Crippen LogP contribution in [-0.2, 0) is 4.79 Å². The Balaban J connectivity index is 2.06. The van der Waals surface area contributed by atoms with Crippen molar-refractivity contribution in [1.29, 1.82) is 0 Å². The van der Waals surface area contributed by atoms with Gasteiger partial charge in [0.25, 0.3) is 0 Å². The van der Waals surface area contributed by atoms with Crippen molar-refractivity contribution in [2.24, 2.45) is 5.73 Å². The molecule has 0 bridgehead atoms. The second-order valence-corrected chi connectivity index (χ2v) is 5.02. The van der Waals surface area contributed by atoms with E-state index in [4.69, 9.17) is 5.73 Å². The predicted molar refractivity (Wildman–Crippen MR) is 76.7 cm³/mol. The number of carbonyl (C=O) groups excluding carboxylic acids is 1. The number of hydrogen-bond acceptors (Lipinski definition) is 2. The summed E-state index contributed by atoms with van der Waals surface area (Å²) >= 11 is 0. The van der Waals surface area contributed by atoms with Crippen LogP contribution >= 0.6 is 0 Å². The van der Waals surface area contributed by atoms with E-state index in [1.165, 1.54) is 16.3 Å². The Hall–Kier alpha value is -1.87. The molecule has 1 heterocycles. The molecule has 1 unspecified atom stereocenters. The summed E-state index contributed by atoms with van der Waals surface area (Å²) in [6.07, 6.45) is 2.08. The highest BCUT2D eigenvalue weighted by molar-refractivity contribution is 5.87. The van der Waals surface area contributed by atoms with Gasteiger partial charge in [-0.05, 0) is 29.2 Å². The molecule has 0 radical (unpaired) electrons. The molecule has 1 aliphatic heterocycles. The summed E-state index contributed by atoms with van der Waals surface area (Å²) in [6, 6.07) is 14.8. The molecule has 3 nitrogen and oxygen atoms in total. The van der Waals surface area contributed by atoms with E-state index in [2.05, 4.69) is 36.4 Å². The minimum absolute atomic E-state index is 0.0513. The monoisotopic (exact) mass is 254 g/mol. The third-order valence-electron chi connectivity index (χ3n) is 3.93. The van der Waals surface area contributed by atoms with Crippen LogP contribution in [0.3, 0.4) is 0 Å². The smallest absolute Gasteiger partial charge is 0.236 e. The van der Waals surface area contributed by atoms with Crippen LogP contribution in [0.4, 0.5) is 0 Å². The zero-order chi connectivity index (χ0) is 13.2. The summed E-state index contributed by atoms with van der Waals surface area (Å²) in [5.41, 5.74) is 6.76. The zero-order valence-corrected chi connectivity index (χ0v) is 10.9. The Bertz CT molecular complexity index is 603. The summed E-state index contributed by atoms with van der Waals surface area (Å²) < 4.78 is 0. The van der Waals surface area contributed by atoms with Gasteiger partial charge in [0.2, 0.25) is 5.91 Å². The molecular formula is C16H18N2O. The van der Waals surface area contributed by atoms with Crippen LogP contribution in [0.1, 0.15) is 24.4 Å². The molecule has 1 saturated heterocycles. The molecule has 1 fully saturated rings. The van der Waals surface area contributed by atoms with Crippen molar-refractivity contribution in [3.63, 3.8) is 0 Å². The number of rotatable bonds is 2. The van der Waals surface area contributed by atoms with Crippen molar-refractivity contribution in [3.8, 4) is 0 Å². The van der Waals surface area contributed by atoms with E-state index in [1.54, 1.807) is 0 Å². The van der Waals surface area contributed by atoms with E-state index in [0.717, 1.165) is 19.4 Å². The molecule has 3 rings (SSSR count). The first-order valence-corrected chi connectivity index (χ1v) is 6.78. The third-order valence-corrected chi connectivity index (χ3v) is 3.93. The third kappa shape index (κ3) is 2.10. The SMILES string of the molecule is NCC(=O)N1CCCC1c1cccc2ccccc12. The molecule has 19 heavy (non-hydrogen) atoms. The Labute approximate surface area is 113 Å². The number of nitrogens with zero attached hydrogens (tertiary/aromatic N) is 1. The molecule has 0 saturated carbocycles. The Morgan fingerprint density at radius 3 is 2.84 bits per heavy atom. The van der Waals surface area contributed by atoms with Crippen LogP contribution < -0.4 is 5.73 Å². The van der Waals surface area contributed by atoms with Crippen LogP contribution in [0.2, 0.25) is 0 Å². The Morgan fingerprint density at radius 1 is 1.21 bits per heavy atom. The van der Waals surface area contributed by atoms with E-state index in [-0.39, 0.29) is 18.5 Å². The summed E-state index contributed by atoms with van der Waals surface area (Å²) in [5.74, 6) is 0.0513. The number of amides is 1. The highest BCUT2D eigenvalue weighted by Gasteiger charge is 2.29. The van der Waals surface area contributed by atoms with Crippen molar-refractivity contribution >= 4 is 16.7 Å². The van der Waals surface area contributed by atoms with Gasteiger partial charge < -0.3 is 10.6 Å². The van der Waals surface area contributed by atoms with Gasteiger partial charge in [0.1, 0.15) is 0 Å². The minimum Gasteiger partial charge on any atom is -0.335 e. The summed E-state index contributed by atoms with van der Waals surface area (Å²) in [6.45, 7) is 0.922. The first-order chi connectivity index (χ1) is 9.31. The highest BCUT2D eigenvalue weighted by atomic mass is 16.2. The van der Waals surface area contributed by atoms with Crippen LogP contribution in [0.15, 0.2) is 42.5 Å². The first-order valence-electron chi connectivity index (χ1n) is 6.78. The van der Waals surface area contributed by atoms with Crippen LogP contribution in [0.25, 0.3) is 10.8 Å². The van der Waals surface area contributed by atoms with Crippen molar-refractivity contribution in [2.75, 3.05) is 13.1 Å². The lowest BCUT2D eigenvalue weighted by Gasteiger charge is -2.25. The molecule has 2 aromatic carbocycles. The van der Waals surface area contributed by atoms with Crippen LogP contribution in [-0.4, -0.2) is 23.9 Å². The number of likely N-dealkylation sites (tertiary alicyclic amines) is 1. The van der Waals surface area contributed by atoms with Gasteiger partial charge in [0, 0.05) is 6.54 Å². The van der Waals surface area contributed by atoms with Crippen molar-refractivity contribution in [1.82, 2.24) is 4.90 Å². The normalized spacial score (nSPS) is 19.0. The lowest BCUT2D eigenvalue weighted by molar-refractivity contribution is -0.130. The number of hydrogen-bond donors (Lipinski definition) is 1. The van der Waals surface area contributed by atoms with E-state index >= 15 is 0 Å². The Morgan fingerprint density at radius 2 is 2.00 bits per heavy atom. The minimum atomic E-state index is 0.0513. The molecule has 98 valence electrons. The van der Waals surface area contributed by atoms with E-state index in [0.29, 0.717) is 0 Å². The second kappa shape index (κ2) is 5.02. The summed E-state index contributed by atoms with van der Waals surface area (Å²) in [7, 11) is 0. The Kier molecular flexibility index (Phi) is 3.22. The lowest BCUT2D eigenvalue weighted by atomic mass is 9.97. The summed E-state index contributed by atoms with van der Waals surface area (Å²) in [4.78, 5) is 13.9. The summed E-state index contributed by atoms with van der Waals surface area (Å²) in [5, 5.41) is 2.47. The van der Waals surface area contributed by atoms with Crippen molar-refractivity contribution in [2.45, 2.75) is 18.9 Å². The second-order valence-electron chi connectivity index (χ2n) is 5.02. The number of nitrogens with two attached hydrogens (primary N) is 1. The van der Waals surface area contributed by atoms with Crippen molar-refractivity contribution in [3.05, 3.63) is 48.0 Å². The first kappa shape index (κ1) is 12.2. The predicted octanol–water partition coefficient (Wildman–Crippen LogP) is 2.46. The average Bonchev–Trinajstić information content (AvgIpc) is 2.95. The van der Waals surface area contributed by atoms with Gasteiger partial charge in [0.05, 0.1) is 12.6 Å². The van der Waals surface area contributed by atoms with Gasteiger partial charge in [-0.3, -0.25) is 4.79 Å². The number of carbonyl (C=O) groups is 1.